The SMILES string of the molecule is CN(C)C(=O)OCc1n(C)cc[n+]1C.Cc1ccc(S(=O)(=O)[O-])cc1. The number of imidazole rings is 1. The minimum Gasteiger partial charge on any atom is -0.744 e. The summed E-state index contributed by atoms with van der Waals surface area (Å²) in [6, 6.07) is 5.78. The largest absolute Gasteiger partial charge is 0.744 e. The van der Waals surface area contributed by atoms with Crippen molar-refractivity contribution in [3.63, 3.8) is 0 Å². The van der Waals surface area contributed by atoms with Crippen LogP contribution in [-0.2, 0) is 35.6 Å². The zero-order chi connectivity index (χ0) is 19.2. The number of amides is 1. The quantitative estimate of drug-likeness (QED) is 0.593. The third-order valence-corrected chi connectivity index (χ3v) is 4.18. The first-order chi connectivity index (χ1) is 11.5. The third-order valence-electron chi connectivity index (χ3n) is 3.33. The first-order valence-electron chi connectivity index (χ1n) is 7.39. The van der Waals surface area contributed by atoms with Crippen molar-refractivity contribution >= 4 is 16.2 Å². The number of aryl methyl sites for hydroxylation is 3. The standard InChI is InChI=1S/C9H16N3O2.C7H8O3S/c1-10(2)9(13)14-7-8-11(3)5-6-12(8)4;1-6-2-4-7(5-3-6)11(8,9)10/h5-6H,7H2,1-4H3;2-5H,1H3,(H,8,9,10)/q+1;/p-1. The Morgan fingerprint density at radius 2 is 1.84 bits per heavy atom. The van der Waals surface area contributed by atoms with E-state index in [0.717, 1.165) is 11.4 Å². The molecule has 0 aliphatic heterocycles. The zero-order valence-corrected chi connectivity index (χ0v) is 15.8. The first-order valence-corrected chi connectivity index (χ1v) is 8.79. The molecule has 1 heterocycles. The van der Waals surface area contributed by atoms with Crippen LogP contribution < -0.4 is 4.57 Å². The highest BCUT2D eigenvalue weighted by Gasteiger charge is 2.14. The van der Waals surface area contributed by atoms with Crippen LogP contribution in [0.15, 0.2) is 41.6 Å². The van der Waals surface area contributed by atoms with Crippen LogP contribution in [0.25, 0.3) is 0 Å². The topological polar surface area (TPSA) is 95.6 Å². The fraction of sp³-hybridized carbons (Fsp3) is 0.375. The predicted molar refractivity (Wildman–Crippen MR) is 89.6 cm³/mol. The van der Waals surface area contributed by atoms with Gasteiger partial charge in [0, 0.05) is 14.1 Å². The molecule has 0 N–H and O–H groups in total. The molecule has 0 spiro atoms. The Morgan fingerprint density at radius 1 is 1.28 bits per heavy atom. The highest BCUT2D eigenvalue weighted by Crippen LogP contribution is 2.08. The lowest BCUT2D eigenvalue weighted by Gasteiger charge is -2.09. The van der Waals surface area contributed by atoms with Crippen LogP contribution in [0.3, 0.4) is 0 Å². The van der Waals surface area contributed by atoms with Crippen molar-refractivity contribution in [2.75, 3.05) is 14.1 Å². The Morgan fingerprint density at radius 3 is 2.24 bits per heavy atom. The highest BCUT2D eigenvalue weighted by molar-refractivity contribution is 7.85. The van der Waals surface area contributed by atoms with E-state index < -0.39 is 10.1 Å². The first kappa shape index (κ1) is 20.7. The molecule has 0 aliphatic carbocycles. The second-order valence-corrected chi connectivity index (χ2v) is 7.03. The molecular weight excluding hydrogens is 346 g/mol. The molecule has 0 fully saturated rings. The summed E-state index contributed by atoms with van der Waals surface area (Å²) in [6.45, 7) is 2.11. The summed E-state index contributed by atoms with van der Waals surface area (Å²) >= 11 is 0. The molecule has 0 saturated carbocycles. The van der Waals surface area contributed by atoms with Crippen LogP contribution in [0.5, 0.6) is 0 Å². The van der Waals surface area contributed by atoms with E-state index in [9.17, 15) is 17.8 Å². The van der Waals surface area contributed by atoms with E-state index in [1.54, 1.807) is 26.2 Å². The van der Waals surface area contributed by atoms with Gasteiger partial charge in [0.05, 0.1) is 19.0 Å². The number of ether oxygens (including phenoxy) is 1. The van der Waals surface area contributed by atoms with Crippen molar-refractivity contribution in [2.24, 2.45) is 14.1 Å². The van der Waals surface area contributed by atoms with Gasteiger partial charge >= 0.3 is 6.09 Å². The molecular formula is C16H23N3O5S. The molecule has 2 rings (SSSR count). The molecule has 25 heavy (non-hydrogen) atoms. The molecule has 0 atom stereocenters. The fourth-order valence-corrected chi connectivity index (χ4v) is 2.25. The molecule has 0 bridgehead atoms. The number of carbonyl (C=O) groups excluding carboxylic acids is 1. The second-order valence-electron chi connectivity index (χ2n) is 5.65. The van der Waals surface area contributed by atoms with Gasteiger partial charge in [0.2, 0.25) is 0 Å². The van der Waals surface area contributed by atoms with Gasteiger partial charge in [-0.15, -0.1) is 0 Å². The number of carbonyl (C=O) groups is 1. The van der Waals surface area contributed by atoms with E-state index in [0.29, 0.717) is 0 Å². The average Bonchev–Trinajstić information content (AvgIpc) is 2.83. The average molecular weight is 369 g/mol. The summed E-state index contributed by atoms with van der Waals surface area (Å²) in [7, 11) is 2.88. The summed E-state index contributed by atoms with van der Waals surface area (Å²) in [4.78, 5) is 12.4. The molecule has 9 heteroatoms. The lowest BCUT2D eigenvalue weighted by Crippen LogP contribution is -2.33. The maximum Gasteiger partial charge on any atom is 0.409 e. The fourth-order valence-electron chi connectivity index (χ4n) is 1.78. The molecule has 0 saturated heterocycles. The molecule has 1 aromatic carbocycles. The van der Waals surface area contributed by atoms with Crippen molar-refractivity contribution in [3.05, 3.63) is 48.0 Å². The summed E-state index contributed by atoms with van der Waals surface area (Å²) in [6.07, 6.45) is 3.50. The third kappa shape index (κ3) is 6.55. The monoisotopic (exact) mass is 369 g/mol. The van der Waals surface area contributed by atoms with Gasteiger partial charge in [0.15, 0.2) is 6.61 Å². The Bertz CT molecular complexity index is 791. The molecule has 1 aromatic heterocycles. The minimum absolute atomic E-state index is 0.178. The Hall–Kier alpha value is -2.39. The molecule has 0 unspecified atom stereocenters. The zero-order valence-electron chi connectivity index (χ0n) is 15.0. The highest BCUT2D eigenvalue weighted by atomic mass is 32.2. The number of rotatable bonds is 3. The summed E-state index contributed by atoms with van der Waals surface area (Å²) in [5, 5.41) is 0. The molecule has 8 nitrogen and oxygen atoms in total. The predicted octanol–water partition coefficient (Wildman–Crippen LogP) is 0.947. The summed E-state index contributed by atoms with van der Waals surface area (Å²) in [5.74, 6) is 0.945. The van der Waals surface area contributed by atoms with E-state index in [-0.39, 0.29) is 17.6 Å². The molecule has 2 aromatic rings. The van der Waals surface area contributed by atoms with Crippen LogP contribution >= 0.6 is 0 Å². The normalized spacial score (nSPS) is 10.6. The molecule has 138 valence electrons. The number of benzene rings is 1. The van der Waals surface area contributed by atoms with Crippen LogP contribution in [0.2, 0.25) is 0 Å². The van der Waals surface area contributed by atoms with Crippen molar-refractivity contribution in [1.29, 1.82) is 0 Å². The van der Waals surface area contributed by atoms with Crippen LogP contribution in [0, 0.1) is 6.92 Å². The van der Waals surface area contributed by atoms with Crippen molar-refractivity contribution in [1.82, 2.24) is 9.47 Å². The molecule has 0 aliphatic rings. The summed E-state index contributed by atoms with van der Waals surface area (Å²) in [5.41, 5.74) is 0.928. The van der Waals surface area contributed by atoms with Crippen LogP contribution in [0.4, 0.5) is 4.79 Å². The van der Waals surface area contributed by atoms with Crippen molar-refractivity contribution in [3.8, 4) is 0 Å². The van der Waals surface area contributed by atoms with E-state index in [4.69, 9.17) is 4.74 Å². The van der Waals surface area contributed by atoms with E-state index in [1.165, 1.54) is 17.0 Å². The van der Waals surface area contributed by atoms with E-state index in [2.05, 4.69) is 0 Å². The number of nitrogens with zero attached hydrogens (tertiary/aromatic N) is 3. The summed E-state index contributed by atoms with van der Waals surface area (Å²) < 4.78 is 40.1. The maximum absolute atomic E-state index is 11.1. The van der Waals surface area contributed by atoms with Gasteiger partial charge in [-0.05, 0) is 19.1 Å². The smallest absolute Gasteiger partial charge is 0.409 e. The number of hydrogen-bond donors (Lipinski definition) is 0. The van der Waals surface area contributed by atoms with Gasteiger partial charge in [-0.2, -0.15) is 0 Å². The van der Waals surface area contributed by atoms with E-state index in [1.807, 2.05) is 42.5 Å². The Kier molecular flexibility index (Phi) is 7.13. The number of aromatic nitrogens is 2. The van der Waals surface area contributed by atoms with E-state index >= 15 is 0 Å². The van der Waals surface area contributed by atoms with Crippen LogP contribution in [0.1, 0.15) is 11.4 Å². The lowest BCUT2D eigenvalue weighted by atomic mass is 10.2. The Labute approximate surface area is 148 Å². The van der Waals surface area contributed by atoms with Gasteiger partial charge in [0.1, 0.15) is 22.5 Å². The minimum atomic E-state index is -4.27. The van der Waals surface area contributed by atoms with Crippen molar-refractivity contribution < 1.29 is 27.1 Å². The van der Waals surface area contributed by atoms with Crippen molar-refractivity contribution in [2.45, 2.75) is 18.4 Å². The Balaban J connectivity index is 0.000000257. The van der Waals surface area contributed by atoms with Gasteiger partial charge in [0.25, 0.3) is 5.82 Å². The molecule has 0 radical (unpaired) electrons. The van der Waals surface area contributed by atoms with Gasteiger partial charge < -0.3 is 14.2 Å². The van der Waals surface area contributed by atoms with Crippen LogP contribution in [-0.4, -0.2) is 42.6 Å². The van der Waals surface area contributed by atoms with Gasteiger partial charge in [-0.25, -0.2) is 22.3 Å². The second kappa shape index (κ2) is 8.63. The lowest BCUT2D eigenvalue weighted by molar-refractivity contribution is -0.680. The maximum atomic E-state index is 11.1. The number of hydrogen-bond acceptors (Lipinski definition) is 5. The van der Waals surface area contributed by atoms with Gasteiger partial charge in [-0.3, -0.25) is 0 Å². The molecule has 1 amide bonds. The van der Waals surface area contributed by atoms with Gasteiger partial charge in [-0.1, -0.05) is 17.7 Å².